The lowest BCUT2D eigenvalue weighted by Crippen LogP contribution is -2.42. The van der Waals surface area contributed by atoms with Crippen LogP contribution in [0.2, 0.25) is 0 Å². The quantitative estimate of drug-likeness (QED) is 0.636. The third kappa shape index (κ3) is 5.38. The molecule has 3 N–H and O–H groups in total. The van der Waals surface area contributed by atoms with E-state index in [1.807, 2.05) is 0 Å². The Labute approximate surface area is 116 Å². The van der Waals surface area contributed by atoms with Crippen LogP contribution in [-0.4, -0.2) is 24.0 Å². The number of rotatable bonds is 4. The largest absolute Gasteiger partial charge is 0.450 e. The van der Waals surface area contributed by atoms with Crippen LogP contribution in [0.15, 0.2) is 27.3 Å². The maximum absolute atomic E-state index is 11.4. The molecule has 1 unspecified atom stereocenters. The predicted molar refractivity (Wildman–Crippen MR) is 68.7 cm³/mol. The van der Waals surface area contributed by atoms with Crippen molar-refractivity contribution in [3.8, 4) is 0 Å². The molecule has 0 fully saturated rings. The van der Waals surface area contributed by atoms with Gasteiger partial charge < -0.3 is 14.9 Å². The van der Waals surface area contributed by atoms with Crippen LogP contribution < -0.4 is 11.1 Å². The van der Waals surface area contributed by atoms with Crippen molar-refractivity contribution in [1.29, 1.82) is 0 Å². The fourth-order valence-corrected chi connectivity index (χ4v) is 1.38. The summed E-state index contributed by atoms with van der Waals surface area (Å²) in [4.78, 5) is 33.0. The van der Waals surface area contributed by atoms with Gasteiger partial charge in [0, 0.05) is 6.08 Å². The molecule has 0 aliphatic rings. The second-order valence-electron chi connectivity index (χ2n) is 3.41. The third-order valence-corrected chi connectivity index (χ3v) is 2.31. The van der Waals surface area contributed by atoms with Gasteiger partial charge in [-0.25, -0.2) is 9.59 Å². The minimum atomic E-state index is -1.13. The second-order valence-corrected chi connectivity index (χ2v) is 4.19. The van der Waals surface area contributed by atoms with E-state index >= 15 is 0 Å². The van der Waals surface area contributed by atoms with Crippen molar-refractivity contribution in [3.05, 3.63) is 28.6 Å². The van der Waals surface area contributed by atoms with Gasteiger partial charge >= 0.3 is 12.0 Å². The van der Waals surface area contributed by atoms with E-state index in [1.54, 1.807) is 17.4 Å². The first-order valence-electron chi connectivity index (χ1n) is 5.13. The van der Waals surface area contributed by atoms with E-state index in [0.717, 1.165) is 6.08 Å². The average molecular weight is 331 g/mol. The Balaban J connectivity index is 2.48. The molecule has 1 heterocycles. The summed E-state index contributed by atoms with van der Waals surface area (Å²) in [5, 5.41) is 1.80. The summed E-state index contributed by atoms with van der Waals surface area (Å²) in [5.74, 6) is -1.10. The SMILES string of the molecule is CC(OC(=O)/C=C/c1ccc(Br)o1)C(=O)NC(N)=O. The van der Waals surface area contributed by atoms with Gasteiger partial charge in [0.2, 0.25) is 0 Å². The van der Waals surface area contributed by atoms with Crippen LogP contribution >= 0.6 is 15.9 Å². The van der Waals surface area contributed by atoms with E-state index in [2.05, 4.69) is 15.9 Å². The maximum atomic E-state index is 11.4. The number of hydrogen-bond acceptors (Lipinski definition) is 5. The van der Waals surface area contributed by atoms with Crippen LogP contribution in [0.1, 0.15) is 12.7 Å². The Morgan fingerprint density at radius 1 is 1.47 bits per heavy atom. The molecule has 3 amide bonds. The average Bonchev–Trinajstić information content (AvgIpc) is 2.71. The molecule has 1 rings (SSSR count). The normalized spacial score (nSPS) is 12.1. The first-order chi connectivity index (χ1) is 8.88. The zero-order valence-corrected chi connectivity index (χ0v) is 11.5. The Morgan fingerprint density at radius 3 is 2.68 bits per heavy atom. The van der Waals surface area contributed by atoms with E-state index in [9.17, 15) is 14.4 Å². The highest BCUT2D eigenvalue weighted by molar-refractivity contribution is 9.10. The molecule has 102 valence electrons. The number of urea groups is 1. The van der Waals surface area contributed by atoms with Gasteiger partial charge in [0.25, 0.3) is 5.91 Å². The summed E-state index contributed by atoms with van der Waals surface area (Å²) < 4.78 is 10.4. The van der Waals surface area contributed by atoms with Gasteiger partial charge in [0.05, 0.1) is 0 Å². The number of imide groups is 1. The molecule has 0 aliphatic carbocycles. The Bertz CT molecular complexity index is 523. The summed E-state index contributed by atoms with van der Waals surface area (Å²) in [6.45, 7) is 1.31. The fraction of sp³-hybridized carbons (Fsp3) is 0.182. The Kier molecular flexibility index (Phi) is 5.31. The molecule has 0 bridgehead atoms. The number of carbonyl (C=O) groups excluding carboxylic acids is 3. The highest BCUT2D eigenvalue weighted by atomic mass is 79.9. The van der Waals surface area contributed by atoms with Gasteiger partial charge in [-0.05, 0) is 41.1 Å². The number of esters is 1. The minimum absolute atomic E-state index is 0.443. The number of nitrogens with two attached hydrogens (primary N) is 1. The monoisotopic (exact) mass is 330 g/mol. The number of ether oxygens (including phenoxy) is 1. The number of halogens is 1. The van der Waals surface area contributed by atoms with Gasteiger partial charge in [-0.2, -0.15) is 0 Å². The molecule has 0 spiro atoms. The fourth-order valence-electron chi connectivity index (χ4n) is 1.06. The first-order valence-corrected chi connectivity index (χ1v) is 5.92. The molecule has 1 aromatic heterocycles. The topological polar surface area (TPSA) is 112 Å². The van der Waals surface area contributed by atoms with Crippen molar-refractivity contribution < 1.29 is 23.5 Å². The Morgan fingerprint density at radius 2 is 2.16 bits per heavy atom. The van der Waals surface area contributed by atoms with Crippen LogP contribution in [0.3, 0.4) is 0 Å². The van der Waals surface area contributed by atoms with Crippen LogP contribution in [-0.2, 0) is 14.3 Å². The molecule has 1 aromatic rings. The summed E-state index contributed by atoms with van der Waals surface area (Å²) in [6.07, 6.45) is 1.35. The number of amides is 3. The summed E-state index contributed by atoms with van der Waals surface area (Å²) >= 11 is 3.11. The van der Waals surface area contributed by atoms with Crippen molar-refractivity contribution in [3.63, 3.8) is 0 Å². The van der Waals surface area contributed by atoms with Crippen LogP contribution in [0.25, 0.3) is 6.08 Å². The van der Waals surface area contributed by atoms with Crippen molar-refractivity contribution in [2.45, 2.75) is 13.0 Å². The molecule has 0 saturated heterocycles. The van der Waals surface area contributed by atoms with Crippen molar-refractivity contribution >= 4 is 39.9 Å². The van der Waals surface area contributed by atoms with E-state index in [4.69, 9.17) is 14.9 Å². The van der Waals surface area contributed by atoms with Crippen LogP contribution in [0.4, 0.5) is 4.79 Å². The van der Waals surface area contributed by atoms with Crippen molar-refractivity contribution in [1.82, 2.24) is 5.32 Å². The number of furan rings is 1. The molecule has 7 nitrogen and oxygen atoms in total. The number of hydrogen-bond donors (Lipinski definition) is 2. The van der Waals surface area contributed by atoms with Gasteiger partial charge in [0.15, 0.2) is 10.8 Å². The van der Waals surface area contributed by atoms with E-state index in [-0.39, 0.29) is 0 Å². The van der Waals surface area contributed by atoms with Crippen molar-refractivity contribution in [2.24, 2.45) is 5.73 Å². The lowest BCUT2D eigenvalue weighted by atomic mass is 10.3. The van der Waals surface area contributed by atoms with Gasteiger partial charge in [-0.3, -0.25) is 10.1 Å². The first kappa shape index (κ1) is 15.0. The van der Waals surface area contributed by atoms with Gasteiger partial charge in [0.1, 0.15) is 5.76 Å². The second kappa shape index (κ2) is 6.74. The lowest BCUT2D eigenvalue weighted by Gasteiger charge is -2.09. The molecule has 0 aromatic carbocycles. The molecule has 1 atom stereocenters. The highest BCUT2D eigenvalue weighted by Crippen LogP contribution is 2.15. The van der Waals surface area contributed by atoms with Crippen LogP contribution in [0, 0.1) is 0 Å². The molecule has 0 saturated carbocycles. The van der Waals surface area contributed by atoms with E-state index < -0.39 is 24.0 Å². The number of carbonyl (C=O) groups is 3. The summed E-state index contributed by atoms with van der Waals surface area (Å²) in [5.41, 5.74) is 4.76. The standard InChI is InChI=1S/C11H11BrN2O5/c1-6(10(16)14-11(13)17)18-9(15)5-3-7-2-4-8(12)19-7/h2-6H,1H3,(H3,13,14,16,17)/b5-3+. The molecule has 8 heteroatoms. The Hall–Kier alpha value is -2.09. The summed E-state index contributed by atoms with van der Waals surface area (Å²) in [6, 6.07) is 2.29. The predicted octanol–water partition coefficient (Wildman–Crippen LogP) is 1.18. The minimum Gasteiger partial charge on any atom is -0.450 e. The zero-order chi connectivity index (χ0) is 14.4. The highest BCUT2D eigenvalue weighted by Gasteiger charge is 2.17. The number of nitrogens with one attached hydrogen (secondary N) is 1. The van der Waals surface area contributed by atoms with E-state index in [0.29, 0.717) is 10.4 Å². The van der Waals surface area contributed by atoms with Crippen molar-refractivity contribution in [2.75, 3.05) is 0 Å². The molecule has 0 aliphatic heterocycles. The van der Waals surface area contributed by atoms with Gasteiger partial charge in [-0.1, -0.05) is 0 Å². The maximum Gasteiger partial charge on any atom is 0.331 e. The molecular weight excluding hydrogens is 320 g/mol. The van der Waals surface area contributed by atoms with Crippen LogP contribution in [0.5, 0.6) is 0 Å². The molecule has 0 radical (unpaired) electrons. The smallest absolute Gasteiger partial charge is 0.331 e. The van der Waals surface area contributed by atoms with Gasteiger partial charge in [-0.15, -0.1) is 0 Å². The van der Waals surface area contributed by atoms with E-state index in [1.165, 1.54) is 13.0 Å². The number of primary amides is 1. The lowest BCUT2D eigenvalue weighted by molar-refractivity contribution is -0.149. The third-order valence-electron chi connectivity index (χ3n) is 1.89. The summed E-state index contributed by atoms with van der Waals surface area (Å²) in [7, 11) is 0. The molecule has 19 heavy (non-hydrogen) atoms. The molecular formula is C11H11BrN2O5. The zero-order valence-electron chi connectivity index (χ0n) is 9.88.